The molecule has 0 unspecified atom stereocenters. The molecular formula is C15H15BrN2O3. The average Bonchev–Trinajstić information content (AvgIpc) is 2.48. The molecule has 2 aromatic rings. The molecule has 0 spiro atoms. The molecule has 0 heterocycles. The predicted molar refractivity (Wildman–Crippen MR) is 85.7 cm³/mol. The Morgan fingerprint density at radius 2 is 2.05 bits per heavy atom. The molecule has 110 valence electrons. The molecular weight excluding hydrogens is 336 g/mol. The molecule has 2 rings (SSSR count). The van der Waals surface area contributed by atoms with Crippen molar-refractivity contribution < 1.29 is 14.3 Å². The van der Waals surface area contributed by atoms with Crippen LogP contribution in [0.1, 0.15) is 0 Å². The number of nitrogen functional groups attached to an aromatic ring is 1. The normalized spacial score (nSPS) is 10.0. The number of benzene rings is 2. The van der Waals surface area contributed by atoms with Gasteiger partial charge in [-0.2, -0.15) is 0 Å². The zero-order valence-electron chi connectivity index (χ0n) is 11.4. The molecule has 0 aromatic heterocycles. The highest BCUT2D eigenvalue weighted by Crippen LogP contribution is 2.29. The number of carbonyl (C=O) groups is 1. The van der Waals surface area contributed by atoms with Crippen LogP contribution in [0.3, 0.4) is 0 Å². The van der Waals surface area contributed by atoms with Crippen LogP contribution in [0.5, 0.6) is 11.5 Å². The molecule has 0 saturated heterocycles. The Labute approximate surface area is 131 Å². The summed E-state index contributed by atoms with van der Waals surface area (Å²) < 4.78 is 11.3. The van der Waals surface area contributed by atoms with E-state index in [0.29, 0.717) is 27.3 Å². The maximum atomic E-state index is 11.8. The number of nitrogens with two attached hydrogens (primary N) is 1. The minimum Gasteiger partial charge on any atom is -0.497 e. The third-order valence-electron chi connectivity index (χ3n) is 2.73. The number of methoxy groups -OCH3 is 1. The topological polar surface area (TPSA) is 73.6 Å². The predicted octanol–water partition coefficient (Wildman–Crippen LogP) is 3.06. The number of carbonyl (C=O) groups excluding carboxylic acids is 1. The summed E-state index contributed by atoms with van der Waals surface area (Å²) >= 11 is 3.36. The summed E-state index contributed by atoms with van der Waals surface area (Å²) in [6.07, 6.45) is 0. The molecule has 0 aliphatic rings. The summed E-state index contributed by atoms with van der Waals surface area (Å²) in [5, 5.41) is 2.69. The monoisotopic (exact) mass is 350 g/mol. The summed E-state index contributed by atoms with van der Waals surface area (Å²) in [6, 6.07) is 12.3. The second-order valence-corrected chi connectivity index (χ2v) is 5.07. The maximum absolute atomic E-state index is 11.8. The van der Waals surface area contributed by atoms with Crippen molar-refractivity contribution in [2.75, 3.05) is 24.8 Å². The van der Waals surface area contributed by atoms with Crippen LogP contribution in [0.4, 0.5) is 11.4 Å². The van der Waals surface area contributed by atoms with E-state index in [4.69, 9.17) is 15.2 Å². The van der Waals surface area contributed by atoms with Gasteiger partial charge in [-0.15, -0.1) is 0 Å². The Bertz CT molecular complexity index is 647. The first-order valence-electron chi connectivity index (χ1n) is 6.21. The van der Waals surface area contributed by atoms with Gasteiger partial charge in [0.15, 0.2) is 6.61 Å². The van der Waals surface area contributed by atoms with Crippen LogP contribution < -0.4 is 20.5 Å². The smallest absolute Gasteiger partial charge is 0.262 e. The molecule has 0 aliphatic heterocycles. The van der Waals surface area contributed by atoms with E-state index in [0.717, 1.165) is 0 Å². The van der Waals surface area contributed by atoms with Crippen LogP contribution in [0, 0.1) is 0 Å². The molecule has 1 amide bonds. The molecule has 0 radical (unpaired) electrons. The van der Waals surface area contributed by atoms with Crippen molar-refractivity contribution in [1.82, 2.24) is 0 Å². The molecule has 0 atom stereocenters. The first-order chi connectivity index (χ1) is 10.1. The quantitative estimate of drug-likeness (QED) is 0.812. The van der Waals surface area contributed by atoms with Gasteiger partial charge in [0.05, 0.1) is 23.0 Å². The fourth-order valence-electron chi connectivity index (χ4n) is 1.67. The number of rotatable bonds is 5. The Morgan fingerprint density at radius 3 is 2.71 bits per heavy atom. The lowest BCUT2D eigenvalue weighted by molar-refractivity contribution is -0.118. The van der Waals surface area contributed by atoms with Crippen molar-refractivity contribution in [2.45, 2.75) is 0 Å². The number of hydrogen-bond donors (Lipinski definition) is 2. The molecule has 21 heavy (non-hydrogen) atoms. The summed E-state index contributed by atoms with van der Waals surface area (Å²) in [6.45, 7) is -0.112. The first-order valence-corrected chi connectivity index (χ1v) is 7.00. The third kappa shape index (κ3) is 4.13. The van der Waals surface area contributed by atoms with Crippen LogP contribution in [-0.2, 0) is 4.79 Å². The number of anilines is 2. The number of nitrogens with one attached hydrogen (secondary N) is 1. The molecule has 3 N–H and O–H groups in total. The second kappa shape index (κ2) is 6.99. The SMILES string of the molecule is COc1ccc(OCC(=O)Nc2ccccc2N)c(Br)c1. The number of hydrogen-bond acceptors (Lipinski definition) is 4. The van der Waals surface area contributed by atoms with E-state index in [9.17, 15) is 4.79 Å². The van der Waals surface area contributed by atoms with Crippen molar-refractivity contribution in [3.05, 3.63) is 46.9 Å². The van der Waals surface area contributed by atoms with Gasteiger partial charge < -0.3 is 20.5 Å². The van der Waals surface area contributed by atoms with Crippen LogP contribution in [0.15, 0.2) is 46.9 Å². The van der Waals surface area contributed by atoms with Gasteiger partial charge in [-0.1, -0.05) is 12.1 Å². The van der Waals surface area contributed by atoms with Gasteiger partial charge in [-0.25, -0.2) is 0 Å². The van der Waals surface area contributed by atoms with E-state index in [1.165, 1.54) is 0 Å². The molecule has 5 nitrogen and oxygen atoms in total. The highest BCUT2D eigenvalue weighted by atomic mass is 79.9. The molecule has 2 aromatic carbocycles. The zero-order chi connectivity index (χ0) is 15.2. The molecule has 0 saturated carbocycles. The van der Waals surface area contributed by atoms with Gasteiger partial charge in [-0.3, -0.25) is 4.79 Å². The van der Waals surface area contributed by atoms with Crippen LogP contribution in [0.25, 0.3) is 0 Å². The number of amides is 1. The van der Waals surface area contributed by atoms with Crippen molar-refractivity contribution >= 4 is 33.2 Å². The second-order valence-electron chi connectivity index (χ2n) is 4.22. The summed E-state index contributed by atoms with van der Waals surface area (Å²) in [5.41, 5.74) is 6.84. The van der Waals surface area contributed by atoms with Crippen LogP contribution in [-0.4, -0.2) is 19.6 Å². The fourth-order valence-corrected chi connectivity index (χ4v) is 2.14. The molecule has 0 fully saturated rings. The Morgan fingerprint density at radius 1 is 1.29 bits per heavy atom. The highest BCUT2D eigenvalue weighted by molar-refractivity contribution is 9.10. The number of para-hydroxylation sites is 2. The molecule has 6 heteroatoms. The Balaban J connectivity index is 1.94. The van der Waals surface area contributed by atoms with Gasteiger partial charge >= 0.3 is 0 Å². The van der Waals surface area contributed by atoms with Crippen molar-refractivity contribution in [3.63, 3.8) is 0 Å². The first kappa shape index (κ1) is 15.2. The fraction of sp³-hybridized carbons (Fsp3) is 0.133. The van der Waals surface area contributed by atoms with Gasteiger partial charge in [0, 0.05) is 0 Å². The van der Waals surface area contributed by atoms with Crippen molar-refractivity contribution in [1.29, 1.82) is 0 Å². The van der Waals surface area contributed by atoms with Crippen molar-refractivity contribution in [3.8, 4) is 11.5 Å². The largest absolute Gasteiger partial charge is 0.497 e. The van der Waals surface area contributed by atoms with Gasteiger partial charge in [0.25, 0.3) is 5.91 Å². The lowest BCUT2D eigenvalue weighted by Crippen LogP contribution is -2.20. The van der Waals surface area contributed by atoms with E-state index in [2.05, 4.69) is 21.2 Å². The van der Waals surface area contributed by atoms with E-state index in [1.807, 2.05) is 0 Å². The lowest BCUT2D eigenvalue weighted by Gasteiger charge is -2.11. The Hall–Kier alpha value is -2.21. The lowest BCUT2D eigenvalue weighted by atomic mass is 10.2. The average molecular weight is 351 g/mol. The number of halogens is 1. The standard InChI is InChI=1S/C15H15BrN2O3/c1-20-10-6-7-14(11(16)8-10)21-9-15(19)18-13-5-3-2-4-12(13)17/h2-8H,9,17H2,1H3,(H,18,19). The zero-order valence-corrected chi connectivity index (χ0v) is 13.0. The van der Waals surface area contributed by atoms with E-state index < -0.39 is 0 Å². The summed E-state index contributed by atoms with van der Waals surface area (Å²) in [5.74, 6) is 0.985. The molecule has 0 bridgehead atoms. The van der Waals surface area contributed by atoms with Crippen molar-refractivity contribution in [2.24, 2.45) is 0 Å². The minimum atomic E-state index is -0.282. The van der Waals surface area contributed by atoms with Gasteiger partial charge in [0.1, 0.15) is 11.5 Å². The summed E-state index contributed by atoms with van der Waals surface area (Å²) in [7, 11) is 1.58. The highest BCUT2D eigenvalue weighted by Gasteiger charge is 2.08. The Kier molecular flexibility index (Phi) is 5.05. The minimum absolute atomic E-state index is 0.112. The van der Waals surface area contributed by atoms with E-state index in [1.54, 1.807) is 49.6 Å². The summed E-state index contributed by atoms with van der Waals surface area (Å²) in [4.78, 5) is 11.8. The van der Waals surface area contributed by atoms with Crippen LogP contribution in [0.2, 0.25) is 0 Å². The molecule has 0 aliphatic carbocycles. The maximum Gasteiger partial charge on any atom is 0.262 e. The van der Waals surface area contributed by atoms with Gasteiger partial charge in [0.2, 0.25) is 0 Å². The third-order valence-corrected chi connectivity index (χ3v) is 3.35. The number of ether oxygens (including phenoxy) is 2. The van der Waals surface area contributed by atoms with E-state index >= 15 is 0 Å². The van der Waals surface area contributed by atoms with Crippen LogP contribution >= 0.6 is 15.9 Å². The van der Waals surface area contributed by atoms with E-state index in [-0.39, 0.29) is 12.5 Å². The van der Waals surface area contributed by atoms with Gasteiger partial charge in [-0.05, 0) is 46.3 Å².